The Morgan fingerprint density at radius 3 is 2.04 bits per heavy atom. The Morgan fingerprint density at radius 2 is 1.41 bits per heavy atom. The van der Waals surface area contributed by atoms with Crippen molar-refractivity contribution in [2.24, 2.45) is 0 Å². The van der Waals surface area contributed by atoms with Crippen molar-refractivity contribution in [1.82, 2.24) is 10.6 Å². The third-order valence-corrected chi connectivity index (χ3v) is 3.72. The van der Waals surface area contributed by atoms with Gasteiger partial charge >= 0.3 is 6.03 Å². The summed E-state index contributed by atoms with van der Waals surface area (Å²) in [5, 5.41) is 6.19. The minimum atomic E-state index is -2.30. The Balaban J connectivity index is 1.73. The fraction of sp³-hybridized carbons (Fsp3) is 0.0625. The molecule has 2 aromatic rings. The first-order valence-electron chi connectivity index (χ1n) is 7.25. The van der Waals surface area contributed by atoms with Gasteiger partial charge in [-0.05, 0) is 18.2 Å². The molecule has 27 heavy (non-hydrogen) atoms. The zero-order valence-electron chi connectivity index (χ0n) is 13.1. The summed E-state index contributed by atoms with van der Waals surface area (Å²) in [7, 11) is 0. The molecule has 0 radical (unpaired) electrons. The van der Waals surface area contributed by atoms with Crippen molar-refractivity contribution >= 4 is 23.5 Å². The quantitative estimate of drug-likeness (QED) is 0.329. The summed E-state index contributed by atoms with van der Waals surface area (Å²) in [6, 6.07) is 2.71. The number of rotatable bonds is 3. The molecule has 3 N–H and O–H groups in total. The molecule has 0 saturated carbocycles. The summed E-state index contributed by atoms with van der Waals surface area (Å²) < 4.78 is 66.3. The molecule has 1 aliphatic heterocycles. The highest BCUT2D eigenvalue weighted by molar-refractivity contribution is 6.22. The predicted molar refractivity (Wildman–Crippen MR) is 80.3 cm³/mol. The lowest BCUT2D eigenvalue weighted by Crippen LogP contribution is -2.29. The third kappa shape index (κ3) is 3.18. The highest BCUT2D eigenvalue weighted by Crippen LogP contribution is 2.23. The molecule has 0 unspecified atom stereocenters. The molecule has 0 bridgehead atoms. The lowest BCUT2D eigenvalue weighted by Gasteiger charge is -2.11. The molecular weight excluding hydrogens is 377 g/mol. The van der Waals surface area contributed by atoms with Crippen LogP contribution in [0.5, 0.6) is 0 Å². The number of imide groups is 1. The lowest BCUT2D eigenvalue weighted by molar-refractivity contribution is 0.0879. The largest absolute Gasteiger partial charge is 0.334 e. The number of anilines is 1. The van der Waals surface area contributed by atoms with Gasteiger partial charge < -0.3 is 10.6 Å². The van der Waals surface area contributed by atoms with Crippen molar-refractivity contribution in [1.29, 1.82) is 0 Å². The Labute approximate surface area is 147 Å². The third-order valence-electron chi connectivity index (χ3n) is 3.72. The van der Waals surface area contributed by atoms with E-state index in [1.54, 1.807) is 0 Å². The van der Waals surface area contributed by atoms with Crippen LogP contribution < -0.4 is 16.0 Å². The van der Waals surface area contributed by atoms with Crippen LogP contribution in [-0.2, 0) is 6.54 Å². The molecule has 11 heteroatoms. The van der Waals surface area contributed by atoms with E-state index >= 15 is 0 Å². The molecule has 0 atom stereocenters. The minimum Gasteiger partial charge on any atom is -0.334 e. The maximum atomic E-state index is 13.5. The highest BCUT2D eigenvalue weighted by atomic mass is 19.2. The Kier molecular flexibility index (Phi) is 4.52. The van der Waals surface area contributed by atoms with Crippen LogP contribution in [0.2, 0.25) is 0 Å². The first-order chi connectivity index (χ1) is 12.7. The summed E-state index contributed by atoms with van der Waals surface area (Å²) in [4.78, 5) is 34.8. The van der Waals surface area contributed by atoms with E-state index in [2.05, 4.69) is 5.32 Å². The molecule has 0 aromatic heterocycles. The monoisotopic (exact) mass is 385 g/mol. The van der Waals surface area contributed by atoms with E-state index in [0.29, 0.717) is 0 Å². The summed E-state index contributed by atoms with van der Waals surface area (Å²) in [6.07, 6.45) is 0. The van der Waals surface area contributed by atoms with Crippen LogP contribution in [-0.4, -0.2) is 17.8 Å². The first kappa shape index (κ1) is 18.3. The van der Waals surface area contributed by atoms with Gasteiger partial charge in [-0.1, -0.05) is 0 Å². The van der Waals surface area contributed by atoms with E-state index in [4.69, 9.17) is 0 Å². The molecule has 0 spiro atoms. The number of fused-ring (bicyclic) bond motifs is 1. The van der Waals surface area contributed by atoms with Crippen molar-refractivity contribution in [3.63, 3.8) is 0 Å². The van der Waals surface area contributed by atoms with Gasteiger partial charge in [0.15, 0.2) is 23.3 Å². The van der Waals surface area contributed by atoms with Gasteiger partial charge in [-0.3, -0.25) is 14.9 Å². The lowest BCUT2D eigenvalue weighted by atomic mass is 10.1. The molecule has 140 valence electrons. The van der Waals surface area contributed by atoms with E-state index in [1.165, 1.54) is 18.2 Å². The molecule has 6 nitrogen and oxygen atoms in total. The summed E-state index contributed by atoms with van der Waals surface area (Å²) >= 11 is 0. The van der Waals surface area contributed by atoms with Gasteiger partial charge in [0.05, 0.1) is 17.7 Å². The maximum Gasteiger partial charge on any atom is 0.319 e. The molecule has 0 fully saturated rings. The standard InChI is InChI=1S/C16H8F5N3O3/c17-9-8(10(18)12(20)13(21)11(9)19)4-22-16(27)23-5-1-2-6-7(3-5)15(26)24-14(6)25/h1-3H,4H2,(H2,22,23,27)(H,24,25,26). The minimum absolute atomic E-state index is 0.0116. The molecule has 1 heterocycles. The van der Waals surface area contributed by atoms with E-state index < -0.39 is 59.0 Å². The first-order valence-corrected chi connectivity index (χ1v) is 7.25. The van der Waals surface area contributed by atoms with Crippen molar-refractivity contribution in [2.45, 2.75) is 6.54 Å². The van der Waals surface area contributed by atoms with Crippen LogP contribution in [0.3, 0.4) is 0 Å². The van der Waals surface area contributed by atoms with E-state index in [-0.39, 0.29) is 16.8 Å². The van der Waals surface area contributed by atoms with Gasteiger partial charge in [0.25, 0.3) is 11.8 Å². The van der Waals surface area contributed by atoms with E-state index in [9.17, 15) is 36.3 Å². The fourth-order valence-electron chi connectivity index (χ4n) is 2.40. The second kappa shape index (κ2) is 6.67. The van der Waals surface area contributed by atoms with Crippen LogP contribution in [0, 0.1) is 29.1 Å². The van der Waals surface area contributed by atoms with Crippen molar-refractivity contribution in [3.8, 4) is 0 Å². The molecule has 0 aliphatic carbocycles. The summed E-state index contributed by atoms with van der Waals surface area (Å²) in [6.45, 7) is -0.985. The number of carbonyl (C=O) groups excluding carboxylic acids is 3. The number of hydrogen-bond acceptors (Lipinski definition) is 3. The molecule has 1 aliphatic rings. The second-order valence-corrected chi connectivity index (χ2v) is 5.40. The highest BCUT2D eigenvalue weighted by Gasteiger charge is 2.27. The van der Waals surface area contributed by atoms with Gasteiger partial charge in [0.2, 0.25) is 5.82 Å². The number of halogens is 5. The van der Waals surface area contributed by atoms with Gasteiger partial charge in [-0.15, -0.1) is 0 Å². The Bertz CT molecular complexity index is 980. The molecular formula is C16H8F5N3O3. The zero-order chi connectivity index (χ0) is 19.9. The van der Waals surface area contributed by atoms with Crippen LogP contribution in [0.1, 0.15) is 26.3 Å². The van der Waals surface area contributed by atoms with Crippen molar-refractivity contribution in [3.05, 3.63) is 64.0 Å². The average molecular weight is 385 g/mol. The molecule has 3 rings (SSSR count). The number of urea groups is 1. The second-order valence-electron chi connectivity index (χ2n) is 5.40. The molecule has 0 saturated heterocycles. The van der Waals surface area contributed by atoms with Crippen LogP contribution in [0.25, 0.3) is 0 Å². The SMILES string of the molecule is O=C(NCc1c(F)c(F)c(F)c(F)c1F)Nc1ccc2c(c1)C(=O)NC2=O. The number of carbonyl (C=O) groups is 3. The zero-order valence-corrected chi connectivity index (χ0v) is 13.1. The van der Waals surface area contributed by atoms with Gasteiger partial charge in [0, 0.05) is 11.3 Å². The van der Waals surface area contributed by atoms with Crippen LogP contribution in [0.15, 0.2) is 18.2 Å². The number of nitrogens with one attached hydrogen (secondary N) is 3. The Hall–Kier alpha value is -3.50. The fourth-order valence-corrected chi connectivity index (χ4v) is 2.40. The smallest absolute Gasteiger partial charge is 0.319 e. The number of amides is 4. The van der Waals surface area contributed by atoms with Crippen molar-refractivity contribution in [2.75, 3.05) is 5.32 Å². The number of hydrogen-bond donors (Lipinski definition) is 3. The normalized spacial score (nSPS) is 12.6. The van der Waals surface area contributed by atoms with E-state index in [1.807, 2.05) is 10.6 Å². The summed E-state index contributed by atoms with van der Waals surface area (Å²) in [5.41, 5.74) is -1.03. The van der Waals surface area contributed by atoms with Crippen molar-refractivity contribution < 1.29 is 36.3 Å². The molecule has 4 amide bonds. The predicted octanol–water partition coefficient (Wildman–Crippen LogP) is 2.59. The maximum absolute atomic E-state index is 13.5. The topological polar surface area (TPSA) is 87.3 Å². The number of benzene rings is 2. The van der Waals surface area contributed by atoms with Crippen LogP contribution in [0.4, 0.5) is 32.4 Å². The van der Waals surface area contributed by atoms with Gasteiger partial charge in [-0.2, -0.15) is 0 Å². The Morgan fingerprint density at radius 1 is 0.852 bits per heavy atom. The van der Waals surface area contributed by atoms with E-state index in [0.717, 1.165) is 0 Å². The summed E-state index contributed by atoms with van der Waals surface area (Å²) in [5.74, 6) is -11.9. The average Bonchev–Trinajstić information content (AvgIpc) is 2.92. The van der Waals surface area contributed by atoms with Gasteiger partial charge in [0.1, 0.15) is 0 Å². The van der Waals surface area contributed by atoms with Gasteiger partial charge in [-0.25, -0.2) is 26.7 Å². The molecule has 2 aromatic carbocycles. The van der Waals surface area contributed by atoms with Crippen LogP contribution >= 0.6 is 0 Å².